The molecule has 4 unspecified atom stereocenters. The van der Waals surface area contributed by atoms with Gasteiger partial charge in [0, 0.05) is 6.42 Å². The van der Waals surface area contributed by atoms with Crippen LogP contribution in [0.3, 0.4) is 0 Å². The zero-order valence-electron chi connectivity index (χ0n) is 13.3. The van der Waals surface area contributed by atoms with Crippen molar-refractivity contribution in [1.29, 1.82) is 21.2 Å². The van der Waals surface area contributed by atoms with Gasteiger partial charge >= 0.3 is 0 Å². The average molecular weight is 312 g/mol. The molecule has 1 N–H and O–H groups in total. The van der Waals surface area contributed by atoms with E-state index in [9.17, 15) is 15.8 Å². The fraction of sp³-hybridized carbons (Fsp3) is 0.765. The number of nitrogens with one attached hydrogen (secondary N) is 1. The summed E-state index contributed by atoms with van der Waals surface area (Å²) in [5, 5.41) is 38.1. The van der Waals surface area contributed by atoms with E-state index in [4.69, 9.17) is 14.9 Å². The summed E-state index contributed by atoms with van der Waals surface area (Å²) in [5.41, 5.74) is -3.22. The van der Waals surface area contributed by atoms with Crippen molar-refractivity contribution >= 4 is 5.90 Å². The Bertz CT molecular complexity index is 641. The Hall–Kier alpha value is -2.10. The number of ether oxygens (including phenoxy) is 2. The van der Waals surface area contributed by atoms with E-state index in [1.54, 1.807) is 0 Å². The molecule has 3 rings (SSSR count). The Morgan fingerprint density at radius 3 is 2.52 bits per heavy atom. The van der Waals surface area contributed by atoms with E-state index in [0.717, 1.165) is 25.7 Å². The van der Waals surface area contributed by atoms with Crippen LogP contribution in [0.1, 0.15) is 51.9 Å². The maximum Gasteiger partial charge on any atom is 0.217 e. The van der Waals surface area contributed by atoms with Gasteiger partial charge in [0.05, 0.1) is 30.2 Å². The molecule has 6 nitrogen and oxygen atoms in total. The molecule has 0 radical (unpaired) electrons. The molecule has 23 heavy (non-hydrogen) atoms. The highest BCUT2D eigenvalue weighted by Gasteiger charge is 2.79. The molecular weight excluding hydrogens is 292 g/mol. The first kappa shape index (κ1) is 15.8. The van der Waals surface area contributed by atoms with E-state index in [1.165, 1.54) is 0 Å². The second kappa shape index (κ2) is 5.22. The molecule has 2 saturated heterocycles. The van der Waals surface area contributed by atoms with Crippen LogP contribution in [0.15, 0.2) is 0 Å². The van der Waals surface area contributed by atoms with Gasteiger partial charge in [0.15, 0.2) is 10.8 Å². The van der Waals surface area contributed by atoms with Gasteiger partial charge in [0.2, 0.25) is 11.7 Å². The van der Waals surface area contributed by atoms with Crippen molar-refractivity contribution in [2.75, 3.05) is 0 Å². The van der Waals surface area contributed by atoms with Gasteiger partial charge < -0.3 is 9.47 Å². The minimum atomic E-state index is -1.69. The number of nitriles is 3. The highest BCUT2D eigenvalue weighted by Crippen LogP contribution is 2.66. The standard InChI is InChI=1S/C17H20N4O2/c1-2-6-13-15(9-18,10-19)16(11-20)12-7-4-3-5-8-17(12,22-13)23-14(16)21/h12-13,21H,2-8H2,1H3. The quantitative estimate of drug-likeness (QED) is 0.841. The van der Waals surface area contributed by atoms with Gasteiger partial charge in [-0.15, -0.1) is 0 Å². The topological polar surface area (TPSA) is 114 Å². The summed E-state index contributed by atoms with van der Waals surface area (Å²) in [5.74, 6) is -1.70. The smallest absolute Gasteiger partial charge is 0.217 e. The molecule has 0 aromatic heterocycles. The molecule has 0 aromatic rings. The molecule has 2 aliphatic heterocycles. The fourth-order valence-corrected chi connectivity index (χ4v) is 4.67. The maximum atomic E-state index is 10.0. The molecule has 1 aliphatic carbocycles. The second-order valence-electron chi connectivity index (χ2n) is 6.74. The van der Waals surface area contributed by atoms with Crippen LogP contribution in [0, 0.1) is 56.2 Å². The summed E-state index contributed by atoms with van der Waals surface area (Å²) in [6.07, 6.45) is 4.55. The third kappa shape index (κ3) is 1.66. The van der Waals surface area contributed by atoms with Gasteiger partial charge in [-0.25, -0.2) is 0 Å². The minimum absolute atomic E-state index is 0.256. The van der Waals surface area contributed by atoms with Crippen LogP contribution < -0.4 is 0 Å². The van der Waals surface area contributed by atoms with Gasteiger partial charge in [0.25, 0.3) is 0 Å². The zero-order valence-corrected chi connectivity index (χ0v) is 13.3. The van der Waals surface area contributed by atoms with E-state index >= 15 is 0 Å². The highest BCUT2D eigenvalue weighted by molar-refractivity contribution is 5.89. The fourth-order valence-electron chi connectivity index (χ4n) is 4.67. The van der Waals surface area contributed by atoms with Gasteiger partial charge in [-0.3, -0.25) is 5.41 Å². The highest BCUT2D eigenvalue weighted by atomic mass is 16.7. The number of hydrogen-bond donors (Lipinski definition) is 1. The predicted octanol–water partition coefficient (Wildman–Crippen LogP) is 3.01. The molecule has 1 saturated carbocycles. The lowest BCUT2D eigenvalue weighted by Crippen LogP contribution is -2.62. The van der Waals surface area contributed by atoms with Crippen molar-refractivity contribution in [3.8, 4) is 18.2 Å². The molecule has 0 aromatic carbocycles. The van der Waals surface area contributed by atoms with Gasteiger partial charge in [0.1, 0.15) is 0 Å². The number of nitrogens with zero attached hydrogens (tertiary/aromatic N) is 3. The lowest BCUT2D eigenvalue weighted by molar-refractivity contribution is -0.282. The van der Waals surface area contributed by atoms with Gasteiger partial charge in [-0.1, -0.05) is 26.2 Å². The normalized spacial score (nSPS) is 40.7. The third-order valence-corrected chi connectivity index (χ3v) is 5.73. The van der Waals surface area contributed by atoms with E-state index in [2.05, 4.69) is 18.2 Å². The molecule has 0 amide bonds. The molecular formula is C17H20N4O2. The Morgan fingerprint density at radius 1 is 1.17 bits per heavy atom. The van der Waals surface area contributed by atoms with Crippen molar-refractivity contribution in [3.63, 3.8) is 0 Å². The SMILES string of the molecule is CCCC1OC23CCCCCC2C(C#N)(C(=N)O3)C1(C#N)C#N. The van der Waals surface area contributed by atoms with Crippen LogP contribution in [0.5, 0.6) is 0 Å². The van der Waals surface area contributed by atoms with Crippen LogP contribution in [0.2, 0.25) is 0 Å². The molecule has 3 fully saturated rings. The van der Waals surface area contributed by atoms with Crippen LogP contribution in [-0.4, -0.2) is 17.8 Å². The van der Waals surface area contributed by atoms with Gasteiger partial charge in [-0.05, 0) is 19.3 Å². The summed E-state index contributed by atoms with van der Waals surface area (Å²) >= 11 is 0. The Kier molecular flexibility index (Phi) is 3.58. The largest absolute Gasteiger partial charge is 0.447 e. The van der Waals surface area contributed by atoms with E-state index in [-0.39, 0.29) is 5.90 Å². The van der Waals surface area contributed by atoms with Crippen LogP contribution in [-0.2, 0) is 9.47 Å². The first-order chi connectivity index (χ1) is 11.1. The molecule has 2 heterocycles. The van der Waals surface area contributed by atoms with Crippen molar-refractivity contribution in [2.24, 2.45) is 16.7 Å². The Morgan fingerprint density at radius 2 is 1.91 bits per heavy atom. The van der Waals surface area contributed by atoms with Crippen molar-refractivity contribution in [3.05, 3.63) is 0 Å². The second-order valence-corrected chi connectivity index (χ2v) is 6.74. The molecule has 0 spiro atoms. The van der Waals surface area contributed by atoms with Crippen molar-refractivity contribution in [1.82, 2.24) is 0 Å². The lowest BCUT2D eigenvalue weighted by atomic mass is 9.53. The van der Waals surface area contributed by atoms with Crippen molar-refractivity contribution < 1.29 is 9.47 Å². The molecule has 4 atom stereocenters. The van der Waals surface area contributed by atoms with Crippen LogP contribution in [0.25, 0.3) is 0 Å². The molecule has 120 valence electrons. The van der Waals surface area contributed by atoms with E-state index in [1.807, 2.05) is 6.92 Å². The van der Waals surface area contributed by atoms with Gasteiger partial charge in [-0.2, -0.15) is 15.8 Å². The molecule has 6 heteroatoms. The zero-order chi connectivity index (χ0) is 16.7. The summed E-state index contributed by atoms with van der Waals surface area (Å²) in [6, 6.07) is 6.33. The summed E-state index contributed by atoms with van der Waals surface area (Å²) in [6.45, 7) is 1.95. The summed E-state index contributed by atoms with van der Waals surface area (Å²) in [4.78, 5) is 0. The summed E-state index contributed by atoms with van der Waals surface area (Å²) < 4.78 is 12.0. The molecule has 3 aliphatic rings. The van der Waals surface area contributed by atoms with Crippen LogP contribution in [0.4, 0.5) is 0 Å². The van der Waals surface area contributed by atoms with Crippen molar-refractivity contribution in [2.45, 2.75) is 63.8 Å². The Labute approximate surface area is 136 Å². The maximum absolute atomic E-state index is 10.0. The minimum Gasteiger partial charge on any atom is -0.447 e. The number of rotatable bonds is 2. The Balaban J connectivity index is 2.26. The lowest BCUT2D eigenvalue weighted by Gasteiger charge is -2.49. The first-order valence-electron chi connectivity index (χ1n) is 8.26. The van der Waals surface area contributed by atoms with E-state index in [0.29, 0.717) is 19.3 Å². The average Bonchev–Trinajstić information content (AvgIpc) is 2.69. The molecule has 2 bridgehead atoms. The summed E-state index contributed by atoms with van der Waals surface area (Å²) in [7, 11) is 0. The predicted molar refractivity (Wildman–Crippen MR) is 79.6 cm³/mol. The third-order valence-electron chi connectivity index (χ3n) is 5.73. The monoisotopic (exact) mass is 312 g/mol. The first-order valence-corrected chi connectivity index (χ1v) is 8.26. The van der Waals surface area contributed by atoms with E-state index < -0.39 is 28.6 Å². The number of hydrogen-bond acceptors (Lipinski definition) is 6. The van der Waals surface area contributed by atoms with Crippen LogP contribution >= 0.6 is 0 Å².